The fourth-order valence-corrected chi connectivity index (χ4v) is 4.12. The molecule has 6 heteroatoms. The average molecular weight is 281 g/mol. The number of rotatable bonds is 4. The summed E-state index contributed by atoms with van der Waals surface area (Å²) in [7, 11) is 0. The van der Waals surface area contributed by atoms with Crippen molar-refractivity contribution in [2.75, 3.05) is 6.54 Å². The number of nitrogens with zero attached hydrogens (tertiary/aromatic N) is 1. The zero-order valence-electron chi connectivity index (χ0n) is 11.7. The van der Waals surface area contributed by atoms with Gasteiger partial charge >= 0.3 is 5.97 Å². The van der Waals surface area contributed by atoms with Crippen molar-refractivity contribution in [3.63, 3.8) is 0 Å². The highest BCUT2D eigenvalue weighted by molar-refractivity contribution is 6.10. The third-order valence-electron chi connectivity index (χ3n) is 5.54. The lowest BCUT2D eigenvalue weighted by atomic mass is 9.59. The maximum atomic E-state index is 12.7. The summed E-state index contributed by atoms with van der Waals surface area (Å²) in [6.07, 6.45) is 1.54. The Hall–Kier alpha value is -1.43. The molecule has 20 heavy (non-hydrogen) atoms. The van der Waals surface area contributed by atoms with Crippen LogP contribution in [0.3, 0.4) is 0 Å². The van der Waals surface area contributed by atoms with Gasteiger partial charge in [0.15, 0.2) is 0 Å². The first-order valence-electron chi connectivity index (χ1n) is 7.07. The lowest BCUT2D eigenvalue weighted by molar-refractivity contribution is -0.146. The Kier molecular flexibility index (Phi) is 2.73. The van der Waals surface area contributed by atoms with Gasteiger partial charge in [-0.2, -0.15) is 0 Å². The summed E-state index contributed by atoms with van der Waals surface area (Å²) >= 11 is 0. The Morgan fingerprint density at radius 1 is 1.25 bits per heavy atom. The summed E-state index contributed by atoms with van der Waals surface area (Å²) in [5.74, 6) is -1.30. The van der Waals surface area contributed by atoms with E-state index >= 15 is 0 Å². The smallest absolute Gasteiger partial charge is 0.303 e. The number of fused-ring (bicyclic) bond motifs is 5. The highest BCUT2D eigenvalue weighted by atomic mass is 16.5. The Labute approximate surface area is 117 Å². The zero-order valence-corrected chi connectivity index (χ0v) is 11.7. The van der Waals surface area contributed by atoms with Crippen LogP contribution < -0.4 is 0 Å². The van der Waals surface area contributed by atoms with E-state index < -0.39 is 16.8 Å². The van der Waals surface area contributed by atoms with E-state index in [1.165, 1.54) is 4.90 Å². The maximum Gasteiger partial charge on any atom is 0.303 e. The quantitative estimate of drug-likeness (QED) is 0.770. The first-order valence-corrected chi connectivity index (χ1v) is 7.07. The van der Waals surface area contributed by atoms with Crippen LogP contribution in [0.15, 0.2) is 0 Å². The minimum absolute atomic E-state index is 0.0339. The molecule has 3 rings (SSSR count). The fourth-order valence-electron chi connectivity index (χ4n) is 4.12. The van der Waals surface area contributed by atoms with Crippen LogP contribution >= 0.6 is 0 Å². The summed E-state index contributed by atoms with van der Waals surface area (Å²) in [6, 6.07) is 0. The standard InChI is InChI=1S/C14H19NO5/c1-13-8-5-6-9(20-8)14(13,2)12(19)15(11(13)18)7-3-4-10(16)17/h8-9H,3-7H2,1-2H3,(H,16,17)/t8-,9+,13+,14-. The average Bonchev–Trinajstić information content (AvgIpc) is 2.99. The molecule has 0 unspecified atom stereocenters. The van der Waals surface area contributed by atoms with E-state index in [9.17, 15) is 14.4 Å². The lowest BCUT2D eigenvalue weighted by Gasteiger charge is -2.36. The number of aliphatic carboxylic acids is 1. The van der Waals surface area contributed by atoms with Gasteiger partial charge in [-0.25, -0.2) is 0 Å². The van der Waals surface area contributed by atoms with E-state index in [0.717, 1.165) is 12.8 Å². The highest BCUT2D eigenvalue weighted by Gasteiger charge is 2.76. The number of ether oxygens (including phenoxy) is 1. The molecule has 0 saturated carbocycles. The Morgan fingerprint density at radius 3 is 2.20 bits per heavy atom. The second kappa shape index (κ2) is 4.04. The van der Waals surface area contributed by atoms with Crippen LogP contribution in [0.5, 0.6) is 0 Å². The van der Waals surface area contributed by atoms with Crippen LogP contribution in [-0.4, -0.2) is 46.5 Å². The number of hydrogen-bond acceptors (Lipinski definition) is 4. The summed E-state index contributed by atoms with van der Waals surface area (Å²) in [6.45, 7) is 3.84. The first-order chi connectivity index (χ1) is 9.33. The molecule has 0 radical (unpaired) electrons. The topological polar surface area (TPSA) is 83.9 Å². The molecule has 2 amide bonds. The SMILES string of the molecule is C[C@@]12C(=O)N(CCCC(=O)O)C(=O)[C@]1(C)[C@H]1CC[C@@H]2O1. The molecule has 0 spiro atoms. The Morgan fingerprint density at radius 2 is 1.75 bits per heavy atom. The van der Waals surface area contributed by atoms with E-state index in [1.54, 1.807) is 0 Å². The van der Waals surface area contributed by atoms with Crippen molar-refractivity contribution in [3.8, 4) is 0 Å². The van der Waals surface area contributed by atoms with E-state index in [0.29, 0.717) is 6.42 Å². The van der Waals surface area contributed by atoms with Gasteiger partial charge in [0.2, 0.25) is 11.8 Å². The molecular formula is C14H19NO5. The van der Waals surface area contributed by atoms with Gasteiger partial charge in [0.05, 0.1) is 23.0 Å². The largest absolute Gasteiger partial charge is 0.481 e. The maximum absolute atomic E-state index is 12.7. The molecule has 6 nitrogen and oxygen atoms in total. The summed E-state index contributed by atoms with van der Waals surface area (Å²) in [5.41, 5.74) is -1.56. The molecule has 0 aromatic carbocycles. The van der Waals surface area contributed by atoms with Crippen molar-refractivity contribution in [2.24, 2.45) is 10.8 Å². The molecule has 0 aromatic rings. The monoisotopic (exact) mass is 281 g/mol. The summed E-state index contributed by atoms with van der Waals surface area (Å²) in [5, 5.41) is 8.67. The van der Waals surface area contributed by atoms with Crippen molar-refractivity contribution in [2.45, 2.75) is 51.7 Å². The molecule has 0 aromatic heterocycles. The van der Waals surface area contributed by atoms with Crippen LogP contribution in [0.2, 0.25) is 0 Å². The van der Waals surface area contributed by atoms with Crippen LogP contribution in [0.25, 0.3) is 0 Å². The van der Waals surface area contributed by atoms with Crippen molar-refractivity contribution < 1.29 is 24.2 Å². The van der Waals surface area contributed by atoms with Gasteiger partial charge in [-0.05, 0) is 33.1 Å². The van der Waals surface area contributed by atoms with Crippen molar-refractivity contribution >= 4 is 17.8 Å². The van der Waals surface area contributed by atoms with E-state index in [4.69, 9.17) is 9.84 Å². The van der Waals surface area contributed by atoms with Gasteiger partial charge in [0, 0.05) is 13.0 Å². The predicted octanol–water partition coefficient (Wildman–Crippen LogP) is 0.794. The second-order valence-corrected chi connectivity index (χ2v) is 6.35. The highest BCUT2D eigenvalue weighted by Crippen LogP contribution is 2.64. The van der Waals surface area contributed by atoms with Gasteiger partial charge < -0.3 is 9.84 Å². The molecule has 3 aliphatic rings. The summed E-state index contributed by atoms with van der Waals surface area (Å²) < 4.78 is 5.81. The molecule has 110 valence electrons. The van der Waals surface area contributed by atoms with Crippen LogP contribution in [-0.2, 0) is 19.1 Å². The molecule has 4 atom stereocenters. The molecule has 3 fully saturated rings. The number of carboxylic acid groups (broad SMARTS) is 1. The minimum Gasteiger partial charge on any atom is -0.481 e. The first kappa shape index (κ1) is 13.5. The second-order valence-electron chi connectivity index (χ2n) is 6.35. The molecule has 2 bridgehead atoms. The number of imide groups is 1. The van der Waals surface area contributed by atoms with Crippen LogP contribution in [0, 0.1) is 10.8 Å². The third kappa shape index (κ3) is 1.35. The number of carbonyl (C=O) groups excluding carboxylic acids is 2. The van der Waals surface area contributed by atoms with E-state index in [-0.39, 0.29) is 37.0 Å². The van der Waals surface area contributed by atoms with Crippen molar-refractivity contribution in [1.82, 2.24) is 4.90 Å². The summed E-state index contributed by atoms with van der Waals surface area (Å²) in [4.78, 5) is 37.2. The molecule has 0 aliphatic carbocycles. The van der Waals surface area contributed by atoms with Crippen LogP contribution in [0.1, 0.15) is 39.5 Å². The van der Waals surface area contributed by atoms with Crippen molar-refractivity contribution in [1.29, 1.82) is 0 Å². The van der Waals surface area contributed by atoms with Crippen LogP contribution in [0.4, 0.5) is 0 Å². The molecular weight excluding hydrogens is 262 g/mol. The fraction of sp³-hybridized carbons (Fsp3) is 0.786. The van der Waals surface area contributed by atoms with Gasteiger partial charge in [0.25, 0.3) is 0 Å². The number of carbonyl (C=O) groups is 3. The molecule has 3 heterocycles. The number of carboxylic acids is 1. The predicted molar refractivity (Wildman–Crippen MR) is 67.7 cm³/mol. The van der Waals surface area contributed by atoms with E-state index in [2.05, 4.69) is 0 Å². The minimum atomic E-state index is -0.912. The Balaban J connectivity index is 1.85. The zero-order chi connectivity index (χ0) is 14.7. The van der Waals surface area contributed by atoms with Gasteiger partial charge in [-0.15, -0.1) is 0 Å². The third-order valence-corrected chi connectivity index (χ3v) is 5.54. The van der Waals surface area contributed by atoms with Gasteiger partial charge in [-0.3, -0.25) is 19.3 Å². The van der Waals surface area contributed by atoms with E-state index in [1.807, 2.05) is 13.8 Å². The number of hydrogen-bond donors (Lipinski definition) is 1. The van der Waals surface area contributed by atoms with Gasteiger partial charge in [-0.1, -0.05) is 0 Å². The van der Waals surface area contributed by atoms with Crippen molar-refractivity contribution in [3.05, 3.63) is 0 Å². The van der Waals surface area contributed by atoms with Gasteiger partial charge in [0.1, 0.15) is 0 Å². The lowest BCUT2D eigenvalue weighted by Crippen LogP contribution is -2.48. The normalized spacial score (nSPS) is 42.4. The molecule has 3 aliphatic heterocycles. The molecule has 3 saturated heterocycles. The number of amides is 2. The number of likely N-dealkylation sites (tertiary alicyclic amines) is 1. The molecule has 1 N–H and O–H groups in total. The Bertz CT molecular complexity index is 470.